The van der Waals surface area contributed by atoms with Crippen LogP contribution in [0.3, 0.4) is 0 Å². The highest BCUT2D eigenvalue weighted by Crippen LogP contribution is 2.05. The molecule has 8 heteroatoms. The minimum atomic E-state index is -3.75. The highest BCUT2D eigenvalue weighted by atomic mass is 32.2. The summed E-state index contributed by atoms with van der Waals surface area (Å²) in [4.78, 5) is 13.6. The molecule has 0 atom stereocenters. The van der Waals surface area contributed by atoms with Crippen molar-refractivity contribution in [3.8, 4) is 0 Å². The predicted octanol–water partition coefficient (Wildman–Crippen LogP) is 0.436. The molecule has 0 bridgehead atoms. The molecule has 0 aliphatic heterocycles. The number of nitrogens with one attached hydrogen (secondary N) is 3. The number of carbonyl (C=O) groups is 1. The topological polar surface area (TPSA) is 90.5 Å². The van der Waals surface area contributed by atoms with Gasteiger partial charge in [0.25, 0.3) is 10.0 Å². The van der Waals surface area contributed by atoms with E-state index in [1.807, 2.05) is 18.7 Å². The third-order valence-electron chi connectivity index (χ3n) is 2.38. The fraction of sp³-hybridized carbons (Fsp3) is 0.364. The van der Waals surface area contributed by atoms with Crippen LogP contribution in [-0.2, 0) is 10.0 Å². The van der Waals surface area contributed by atoms with Crippen LogP contribution in [0.25, 0.3) is 0 Å². The van der Waals surface area contributed by atoms with Crippen LogP contribution in [0.5, 0.6) is 0 Å². The van der Waals surface area contributed by atoms with E-state index in [1.54, 1.807) is 23.2 Å². The molecule has 2 amide bonds. The molecule has 19 heavy (non-hydrogen) atoms. The molecule has 7 nitrogen and oxygen atoms in total. The van der Waals surface area contributed by atoms with E-state index in [-0.39, 0.29) is 4.90 Å². The Morgan fingerprint density at radius 2 is 1.74 bits per heavy atom. The average molecular weight is 286 g/mol. The number of hydrogen-bond acceptors (Lipinski definition) is 4. The van der Waals surface area contributed by atoms with Crippen LogP contribution in [-0.4, -0.2) is 32.5 Å². The van der Waals surface area contributed by atoms with E-state index in [9.17, 15) is 13.2 Å². The number of rotatable bonds is 6. The molecule has 1 rings (SSSR count). The maximum Gasteiger partial charge on any atom is 0.344 e. The van der Waals surface area contributed by atoms with Gasteiger partial charge in [0, 0.05) is 13.1 Å². The molecule has 0 spiro atoms. The third-order valence-corrected chi connectivity index (χ3v) is 3.64. The third kappa shape index (κ3) is 4.86. The second-order valence-electron chi connectivity index (χ2n) is 3.66. The van der Waals surface area contributed by atoms with Crippen molar-refractivity contribution >= 4 is 16.1 Å². The summed E-state index contributed by atoms with van der Waals surface area (Å²) in [6.07, 6.45) is 0. The first-order valence-corrected chi connectivity index (χ1v) is 7.36. The van der Waals surface area contributed by atoms with Crippen LogP contribution in [0.2, 0.25) is 0 Å². The quantitative estimate of drug-likeness (QED) is 0.662. The number of nitrogens with zero attached hydrogens (tertiary/aromatic N) is 1. The maximum absolute atomic E-state index is 11.8. The standard InChI is InChI=1S/C11H18N4O3S/c1-3-15(4-2)13-11(16)12-14-19(17,18)10-8-6-5-7-9-10/h5-9,14H,3-4H2,1-2H3,(H2,12,13,16). The Hall–Kier alpha value is -1.64. The van der Waals surface area contributed by atoms with Gasteiger partial charge in [0.2, 0.25) is 0 Å². The molecule has 0 radical (unpaired) electrons. The van der Waals surface area contributed by atoms with E-state index < -0.39 is 16.1 Å². The summed E-state index contributed by atoms with van der Waals surface area (Å²) < 4.78 is 23.6. The Morgan fingerprint density at radius 1 is 1.16 bits per heavy atom. The van der Waals surface area contributed by atoms with Crippen molar-refractivity contribution in [3.63, 3.8) is 0 Å². The van der Waals surface area contributed by atoms with Gasteiger partial charge in [-0.2, -0.15) is 0 Å². The number of sulfonamides is 1. The molecule has 0 fully saturated rings. The molecule has 0 unspecified atom stereocenters. The Kier molecular flexibility index (Phi) is 5.74. The molecule has 106 valence electrons. The van der Waals surface area contributed by atoms with E-state index in [1.165, 1.54) is 12.1 Å². The van der Waals surface area contributed by atoms with Gasteiger partial charge in [-0.1, -0.05) is 32.0 Å². The van der Waals surface area contributed by atoms with E-state index in [0.29, 0.717) is 13.1 Å². The molecular formula is C11H18N4O3S. The summed E-state index contributed by atoms with van der Waals surface area (Å²) in [7, 11) is -3.75. The van der Waals surface area contributed by atoms with Gasteiger partial charge in [-0.05, 0) is 12.1 Å². The first-order valence-electron chi connectivity index (χ1n) is 5.88. The molecule has 0 heterocycles. The van der Waals surface area contributed by atoms with Crippen LogP contribution in [0, 0.1) is 0 Å². The van der Waals surface area contributed by atoms with Gasteiger partial charge in [-0.3, -0.25) is 10.9 Å². The Balaban J connectivity index is 2.55. The molecule has 1 aromatic carbocycles. The summed E-state index contributed by atoms with van der Waals surface area (Å²) >= 11 is 0. The molecule has 0 aromatic heterocycles. The smallest absolute Gasteiger partial charge is 0.270 e. The van der Waals surface area contributed by atoms with Crippen LogP contribution in [0.1, 0.15) is 13.8 Å². The Morgan fingerprint density at radius 3 is 2.26 bits per heavy atom. The van der Waals surface area contributed by atoms with Gasteiger partial charge in [0.1, 0.15) is 0 Å². The van der Waals surface area contributed by atoms with Gasteiger partial charge in [-0.25, -0.2) is 18.2 Å². The Labute approximate surface area is 113 Å². The number of amides is 2. The maximum atomic E-state index is 11.8. The largest absolute Gasteiger partial charge is 0.344 e. The zero-order valence-electron chi connectivity index (χ0n) is 10.9. The lowest BCUT2D eigenvalue weighted by Gasteiger charge is -2.19. The van der Waals surface area contributed by atoms with Gasteiger partial charge in [-0.15, -0.1) is 4.83 Å². The fourth-order valence-electron chi connectivity index (χ4n) is 1.33. The average Bonchev–Trinajstić information content (AvgIpc) is 2.43. The minimum Gasteiger partial charge on any atom is -0.270 e. The summed E-state index contributed by atoms with van der Waals surface area (Å²) in [6.45, 7) is 4.99. The lowest BCUT2D eigenvalue weighted by atomic mass is 10.4. The van der Waals surface area contributed by atoms with Gasteiger partial charge < -0.3 is 0 Å². The summed E-state index contributed by atoms with van der Waals surface area (Å²) in [5.41, 5.74) is 4.59. The molecule has 0 saturated carbocycles. The summed E-state index contributed by atoms with van der Waals surface area (Å²) in [5.74, 6) is 0. The molecular weight excluding hydrogens is 268 g/mol. The van der Waals surface area contributed by atoms with Crippen molar-refractivity contribution < 1.29 is 13.2 Å². The van der Waals surface area contributed by atoms with Gasteiger partial charge >= 0.3 is 6.03 Å². The molecule has 0 aliphatic rings. The van der Waals surface area contributed by atoms with Crippen LogP contribution in [0.4, 0.5) is 4.79 Å². The van der Waals surface area contributed by atoms with Crippen molar-refractivity contribution in [2.24, 2.45) is 0 Å². The normalized spacial score (nSPS) is 11.3. The molecule has 1 aromatic rings. The number of carbonyl (C=O) groups excluding carboxylic acids is 1. The predicted molar refractivity (Wildman–Crippen MR) is 71.4 cm³/mol. The second-order valence-corrected chi connectivity index (χ2v) is 5.34. The zero-order valence-corrected chi connectivity index (χ0v) is 11.7. The van der Waals surface area contributed by atoms with Gasteiger partial charge in [0.15, 0.2) is 0 Å². The number of benzene rings is 1. The SMILES string of the molecule is CCN(CC)NC(=O)NNS(=O)(=O)c1ccccc1. The van der Waals surface area contributed by atoms with Crippen LogP contribution >= 0.6 is 0 Å². The lowest BCUT2D eigenvalue weighted by molar-refractivity contribution is 0.185. The zero-order chi connectivity index (χ0) is 14.3. The van der Waals surface area contributed by atoms with Crippen LogP contribution < -0.4 is 15.7 Å². The van der Waals surface area contributed by atoms with E-state index in [0.717, 1.165) is 0 Å². The first kappa shape index (κ1) is 15.4. The molecule has 0 saturated heterocycles. The highest BCUT2D eigenvalue weighted by Gasteiger charge is 2.14. The fourth-order valence-corrected chi connectivity index (χ4v) is 2.19. The van der Waals surface area contributed by atoms with E-state index >= 15 is 0 Å². The van der Waals surface area contributed by atoms with Crippen molar-refractivity contribution in [1.82, 2.24) is 20.7 Å². The monoisotopic (exact) mass is 286 g/mol. The molecule has 3 N–H and O–H groups in total. The highest BCUT2D eigenvalue weighted by molar-refractivity contribution is 7.89. The number of hydrogen-bond donors (Lipinski definition) is 3. The van der Waals surface area contributed by atoms with Crippen LogP contribution in [0.15, 0.2) is 35.2 Å². The summed E-state index contributed by atoms with van der Waals surface area (Å²) in [6, 6.07) is 7.15. The molecule has 0 aliphatic carbocycles. The summed E-state index contributed by atoms with van der Waals surface area (Å²) in [5, 5.41) is 1.63. The lowest BCUT2D eigenvalue weighted by Crippen LogP contribution is -2.52. The second kappa shape index (κ2) is 7.07. The Bertz CT molecular complexity index is 500. The van der Waals surface area contributed by atoms with Gasteiger partial charge in [0.05, 0.1) is 4.90 Å². The van der Waals surface area contributed by atoms with Crippen molar-refractivity contribution in [3.05, 3.63) is 30.3 Å². The van der Waals surface area contributed by atoms with Crippen molar-refractivity contribution in [1.29, 1.82) is 0 Å². The first-order chi connectivity index (χ1) is 8.99. The van der Waals surface area contributed by atoms with E-state index in [4.69, 9.17) is 0 Å². The van der Waals surface area contributed by atoms with Crippen molar-refractivity contribution in [2.45, 2.75) is 18.7 Å². The minimum absolute atomic E-state index is 0.0816. The van der Waals surface area contributed by atoms with Crippen molar-refractivity contribution in [2.75, 3.05) is 13.1 Å². The number of urea groups is 1. The van der Waals surface area contributed by atoms with E-state index in [2.05, 4.69) is 10.9 Å². The number of hydrazine groups is 2.